The van der Waals surface area contributed by atoms with Gasteiger partial charge in [-0.15, -0.1) is 0 Å². The summed E-state index contributed by atoms with van der Waals surface area (Å²) >= 11 is 0. The third kappa shape index (κ3) is 4880000. The Labute approximate surface area is 209 Å². The van der Waals surface area contributed by atoms with Crippen molar-refractivity contribution in [3.63, 3.8) is 0 Å². The summed E-state index contributed by atoms with van der Waals surface area (Å²) < 4.78 is 0. The number of hydrogen-bond donors (Lipinski definition) is 0. The molecule has 0 nitrogen and oxygen atoms in total. The predicted octanol–water partition coefficient (Wildman–Crippen LogP) is 14.1. The highest BCUT2D eigenvalue weighted by atomic mass is 14.0. The highest BCUT2D eigenvalue weighted by Crippen LogP contribution is 2.08. The molecule has 30 heavy (non-hydrogen) atoms. The van der Waals surface area contributed by atoms with Gasteiger partial charge in [0, 0.05) is 9.84 Å². The van der Waals surface area contributed by atoms with Gasteiger partial charge in [-0.25, -0.2) is 0 Å². The topological polar surface area (TPSA) is 0 Å². The number of rotatable bonds is 0. The van der Waals surface area contributed by atoms with Crippen LogP contribution in [-0.4, -0.2) is 8.41 Å². The Morgan fingerprint density at radius 2 is 0.267 bits per heavy atom. The van der Waals surface area contributed by atoms with Crippen molar-refractivity contribution in [1.29, 1.82) is 0 Å². The van der Waals surface area contributed by atoms with Gasteiger partial charge in [0.05, 0.1) is 0 Å². The molecule has 0 spiro atoms. The third-order valence-electron chi connectivity index (χ3n) is 0. The normalized spacial score (nSPS) is 5.60. The van der Waals surface area contributed by atoms with Crippen molar-refractivity contribution in [2.75, 3.05) is 0 Å². The zero-order valence-corrected chi connectivity index (χ0v) is 25.6. The third-order valence-corrected chi connectivity index (χ3v) is 0. The van der Waals surface area contributed by atoms with E-state index in [-0.39, 0.29) is 32.1 Å². The molecule has 0 fully saturated rings. The molecule has 0 heterocycles. The second-order valence-electron chi connectivity index (χ2n) is 6.00. The Balaban J connectivity index is -0.00000000718. The Morgan fingerprint density at radius 3 is 0.267 bits per heavy atom. The molecule has 0 unspecified atom stereocenters. The van der Waals surface area contributed by atoms with E-state index in [0.717, 1.165) is 0 Å². The maximum absolute atomic E-state index is 2.19. The molecule has 1 heteroatoms. The van der Waals surface area contributed by atoms with Crippen LogP contribution in [0.25, 0.3) is 0 Å². The van der Waals surface area contributed by atoms with Crippen LogP contribution in [0.2, 0.25) is 0 Å². The largest absolute Gasteiger partial charge is 0.0776 e. The second kappa shape index (κ2) is 157. The maximum atomic E-state index is 2.19. The lowest BCUT2D eigenvalue weighted by Gasteiger charge is -2.05. The van der Waals surface area contributed by atoms with E-state index in [9.17, 15) is 0 Å². The van der Waals surface area contributed by atoms with E-state index < -0.39 is 0 Å². The molecular formula is C29H86B. The average molecular weight is 447 g/mol. The summed E-state index contributed by atoms with van der Waals surface area (Å²) in [5.41, 5.74) is 1.00. The zero-order chi connectivity index (χ0) is 25.0. The van der Waals surface area contributed by atoms with E-state index >= 15 is 0 Å². The fourth-order valence-corrected chi connectivity index (χ4v) is 0. The first-order chi connectivity index (χ1) is 12.0. The Morgan fingerprint density at radius 1 is 0.267 bits per heavy atom. The average Bonchev–Trinajstić information content (AvgIpc) is 2.65. The molecule has 0 saturated carbocycles. The van der Waals surface area contributed by atoms with Crippen molar-refractivity contribution in [2.45, 2.75) is 188 Å². The summed E-state index contributed by atoms with van der Waals surface area (Å²) in [5, 5.41) is 0. The second-order valence-corrected chi connectivity index (χ2v) is 6.00. The molecular weight excluding hydrogens is 359 g/mol. The molecule has 0 aliphatic rings. The molecule has 0 aromatic carbocycles. The van der Waals surface area contributed by atoms with Gasteiger partial charge in [0.25, 0.3) is 0 Å². The van der Waals surface area contributed by atoms with Crippen molar-refractivity contribution in [1.82, 2.24) is 0 Å². The first kappa shape index (κ1) is 98.4. The molecule has 0 rings (SSSR count). The van der Waals surface area contributed by atoms with Gasteiger partial charge in [-0.2, -0.15) is 0 Å². The molecule has 0 N–H and O–H groups in total. The maximum Gasteiger partial charge on any atom is 0 e. The molecule has 0 saturated heterocycles. The van der Waals surface area contributed by atoms with Crippen molar-refractivity contribution in [2.24, 2.45) is 10.8 Å². The molecule has 0 atom stereocenters. The van der Waals surface area contributed by atoms with Crippen LogP contribution in [0.5, 0.6) is 0 Å². The van der Waals surface area contributed by atoms with E-state index in [1.165, 1.54) is 0 Å². The lowest BCUT2D eigenvalue weighted by atomic mass is 10.0. The van der Waals surface area contributed by atoms with Gasteiger partial charge in [-0.3, -0.25) is 0 Å². The summed E-state index contributed by atoms with van der Waals surface area (Å²) in [5.74, 6) is 0. The summed E-state index contributed by atoms with van der Waals surface area (Å²) in [6, 6.07) is 0. The highest BCUT2D eigenvalue weighted by Gasteiger charge is 1.96. The molecule has 0 amide bonds. The zero-order valence-electron chi connectivity index (χ0n) is 25.6. The Hall–Kier alpha value is 0.0649. The van der Waals surface area contributed by atoms with Crippen LogP contribution in [0.1, 0.15) is 190 Å². The molecule has 205 valence electrons. The van der Waals surface area contributed by atoms with Crippen molar-refractivity contribution in [3.05, 3.63) is 0 Å². The van der Waals surface area contributed by atoms with Crippen molar-refractivity contribution in [3.8, 4) is 0 Å². The van der Waals surface area contributed by atoms with Gasteiger partial charge < -0.3 is 0 Å². The molecule has 0 aliphatic heterocycles. The molecule has 0 aromatic rings. The summed E-state index contributed by atoms with van der Waals surface area (Å²) in [7, 11) is 0. The summed E-state index contributed by atoms with van der Waals surface area (Å²) in [6.45, 7) is 49.5. The van der Waals surface area contributed by atoms with Crippen LogP contribution in [-0.2, 0) is 0 Å². The molecule has 0 aromatic heterocycles. The highest BCUT2D eigenvalue weighted by molar-refractivity contribution is 5.75. The number of hydrogen-bond acceptors (Lipinski definition) is 0. The molecule has 0 bridgehead atoms. The SMILES string of the molecule is C.C.C.CC.CC.CC.CC.CC.CC.CC.CC.CC(C)(C)C.CC(C)(C)C.[2HH].[B]. The lowest BCUT2D eigenvalue weighted by Crippen LogP contribution is -1.93. The fourth-order valence-electron chi connectivity index (χ4n) is 0. The fraction of sp³-hybridized carbons (Fsp3) is 1.00. The monoisotopic (exact) mass is 447 g/mol. The first-order valence-electron chi connectivity index (χ1n) is 12.0. The van der Waals surface area contributed by atoms with Gasteiger partial charge in [-0.1, -0.05) is 188 Å². The lowest BCUT2D eigenvalue weighted by molar-refractivity contribution is 0.469. The van der Waals surface area contributed by atoms with E-state index in [0.29, 0.717) is 10.8 Å². The van der Waals surface area contributed by atoms with Crippen LogP contribution in [0.4, 0.5) is 0 Å². The van der Waals surface area contributed by atoms with Crippen molar-refractivity contribution < 1.29 is 1.43 Å². The minimum absolute atomic E-state index is 0. The van der Waals surface area contributed by atoms with Gasteiger partial charge in [0.15, 0.2) is 0 Å². The quantitative estimate of drug-likeness (QED) is 0.324. The molecule has 3 radical (unpaired) electrons. The molecule has 0 aliphatic carbocycles. The van der Waals surface area contributed by atoms with Crippen LogP contribution >= 0.6 is 0 Å². The minimum atomic E-state index is 0. The smallest absolute Gasteiger partial charge is 0 e. The standard InChI is InChI=1S/2C5H12.8C2H6.3CH4.B.H2/c2*1-5(2,3)4;8*1-2;;;;;/h2*1-4H3;8*1-2H3;3*1H4;;1H/i;;;;;;;;;;;;;;1+1. The summed E-state index contributed by atoms with van der Waals surface area (Å²) in [4.78, 5) is 0. The predicted molar refractivity (Wildman–Crippen MR) is 169 cm³/mol. The Bertz CT molecular complexity index is 55.7. The van der Waals surface area contributed by atoms with Gasteiger partial charge in [0.2, 0.25) is 0 Å². The van der Waals surface area contributed by atoms with E-state index in [1.807, 2.05) is 111 Å². The summed E-state index contributed by atoms with van der Waals surface area (Å²) in [6.07, 6.45) is 0. The Kier molecular flexibility index (Phi) is 516. The van der Waals surface area contributed by atoms with E-state index in [2.05, 4.69) is 55.4 Å². The minimum Gasteiger partial charge on any atom is -0.0776 e. The first-order valence-corrected chi connectivity index (χ1v) is 12.0. The van der Waals surface area contributed by atoms with Crippen LogP contribution in [0.3, 0.4) is 0 Å². The van der Waals surface area contributed by atoms with Crippen LogP contribution < -0.4 is 0 Å². The van der Waals surface area contributed by atoms with Gasteiger partial charge >= 0.3 is 0 Å². The van der Waals surface area contributed by atoms with Crippen molar-refractivity contribution >= 4 is 8.41 Å². The van der Waals surface area contributed by atoms with Gasteiger partial charge in [-0.05, 0) is 10.8 Å². The van der Waals surface area contributed by atoms with Crippen LogP contribution in [0, 0.1) is 10.8 Å². The van der Waals surface area contributed by atoms with E-state index in [1.54, 1.807) is 0 Å². The van der Waals surface area contributed by atoms with E-state index in [4.69, 9.17) is 0 Å². The van der Waals surface area contributed by atoms with Crippen LogP contribution in [0.15, 0.2) is 0 Å². The van der Waals surface area contributed by atoms with Gasteiger partial charge in [0.1, 0.15) is 0 Å².